The smallest absolute Gasteiger partial charge is 0.294 e. The molecule has 176 valence electrons. The van der Waals surface area contributed by atoms with Crippen molar-refractivity contribution in [2.24, 2.45) is 0 Å². The summed E-state index contributed by atoms with van der Waals surface area (Å²) in [5, 5.41) is 4.88. The Labute approximate surface area is 217 Å². The maximum absolute atomic E-state index is 6.65. The second kappa shape index (κ2) is 8.75. The molecule has 0 spiro atoms. The number of nitrogens with zero attached hydrogens (tertiary/aromatic N) is 1. The molecule has 0 aliphatic carbocycles. The van der Waals surface area contributed by atoms with Gasteiger partial charge in [-0.3, -0.25) is 0 Å². The van der Waals surface area contributed by atoms with E-state index in [0.717, 1.165) is 39.4 Å². The zero-order chi connectivity index (χ0) is 24.8. The molecule has 1 aromatic heterocycles. The summed E-state index contributed by atoms with van der Waals surface area (Å²) in [6, 6.07) is 44.5. The first-order chi connectivity index (χ1) is 18.3. The Morgan fingerprint density at radius 2 is 1.32 bits per heavy atom. The van der Waals surface area contributed by atoms with Crippen LogP contribution in [0.15, 0.2) is 132 Å². The monoisotopic (exact) mass is 476 g/mol. The molecular formula is C33H25BN2O. The Bertz CT molecular complexity index is 1730. The van der Waals surface area contributed by atoms with E-state index < -0.39 is 0 Å². The number of aryl methyl sites for hydroxylation is 1. The number of benzene rings is 5. The van der Waals surface area contributed by atoms with Crippen LogP contribution in [0.4, 0.5) is 28.4 Å². The molecule has 3 nitrogen and oxygen atoms in total. The highest BCUT2D eigenvalue weighted by atomic mass is 16.3. The normalized spacial score (nSPS) is 12.4. The van der Waals surface area contributed by atoms with E-state index in [-0.39, 0.29) is 6.71 Å². The zero-order valence-corrected chi connectivity index (χ0v) is 20.6. The molecule has 1 N–H and O–H groups in total. The number of rotatable bonds is 4. The molecule has 0 atom stereocenters. The van der Waals surface area contributed by atoms with Gasteiger partial charge < -0.3 is 14.6 Å². The predicted molar refractivity (Wildman–Crippen MR) is 156 cm³/mol. The number of hydrogen-bond acceptors (Lipinski definition) is 3. The maximum Gasteiger partial charge on any atom is 0.294 e. The zero-order valence-electron chi connectivity index (χ0n) is 20.6. The Kier molecular flexibility index (Phi) is 5.11. The Hall–Kier alpha value is -4.70. The summed E-state index contributed by atoms with van der Waals surface area (Å²) in [5.74, 6) is 0. The molecule has 2 heterocycles. The molecule has 0 fully saturated rings. The van der Waals surface area contributed by atoms with Crippen LogP contribution in [-0.2, 0) is 0 Å². The van der Waals surface area contributed by atoms with Crippen molar-refractivity contribution in [3.05, 3.63) is 133 Å². The van der Waals surface area contributed by atoms with E-state index in [4.69, 9.17) is 4.42 Å². The van der Waals surface area contributed by atoms with Crippen LogP contribution in [0, 0.1) is 6.92 Å². The summed E-state index contributed by atoms with van der Waals surface area (Å²) < 4.78 is 6.65. The lowest BCUT2D eigenvalue weighted by Gasteiger charge is -2.37. The molecule has 6 aromatic rings. The first-order valence-corrected chi connectivity index (χ1v) is 12.7. The Balaban J connectivity index is 1.53. The summed E-state index contributed by atoms with van der Waals surface area (Å²) >= 11 is 0. The van der Waals surface area contributed by atoms with Gasteiger partial charge in [-0.05, 0) is 71.9 Å². The van der Waals surface area contributed by atoms with Crippen molar-refractivity contribution in [2.45, 2.75) is 6.92 Å². The van der Waals surface area contributed by atoms with Gasteiger partial charge in [-0.1, -0.05) is 78.9 Å². The van der Waals surface area contributed by atoms with Crippen LogP contribution in [0.5, 0.6) is 0 Å². The van der Waals surface area contributed by atoms with Crippen LogP contribution in [-0.4, -0.2) is 6.71 Å². The maximum atomic E-state index is 6.65. The molecule has 0 bridgehead atoms. The lowest BCUT2D eigenvalue weighted by molar-refractivity contribution is 0.649. The van der Waals surface area contributed by atoms with Gasteiger partial charge in [0, 0.05) is 33.8 Å². The average Bonchev–Trinajstić information content (AvgIpc) is 3.29. The molecule has 4 heteroatoms. The summed E-state index contributed by atoms with van der Waals surface area (Å²) in [6.07, 6.45) is 0. The molecule has 1 aliphatic rings. The van der Waals surface area contributed by atoms with Crippen LogP contribution in [0.2, 0.25) is 0 Å². The lowest BCUT2D eigenvalue weighted by Crippen LogP contribution is -2.58. The fourth-order valence-corrected chi connectivity index (χ4v) is 5.65. The minimum atomic E-state index is -0.0639. The van der Waals surface area contributed by atoms with Crippen molar-refractivity contribution >= 4 is 62.7 Å². The number of furan rings is 1. The van der Waals surface area contributed by atoms with Crippen molar-refractivity contribution < 1.29 is 4.42 Å². The van der Waals surface area contributed by atoms with Gasteiger partial charge in [0.05, 0.1) is 5.66 Å². The summed E-state index contributed by atoms with van der Waals surface area (Å²) in [5.41, 5.74) is 11.1. The molecule has 5 aromatic carbocycles. The highest BCUT2D eigenvalue weighted by Crippen LogP contribution is 2.38. The lowest BCUT2D eigenvalue weighted by atomic mass is 9.36. The fraction of sp³-hybridized carbons (Fsp3) is 0.0303. The van der Waals surface area contributed by atoms with Crippen molar-refractivity contribution in [2.75, 3.05) is 10.2 Å². The van der Waals surface area contributed by atoms with Crippen molar-refractivity contribution in [1.29, 1.82) is 0 Å². The third-order valence-electron chi connectivity index (χ3n) is 7.31. The van der Waals surface area contributed by atoms with E-state index in [1.54, 1.807) is 0 Å². The third kappa shape index (κ3) is 3.53. The number of para-hydroxylation sites is 4. The highest BCUT2D eigenvalue weighted by Gasteiger charge is 2.40. The second-order valence-electron chi connectivity index (χ2n) is 9.48. The topological polar surface area (TPSA) is 28.4 Å². The molecule has 1 aliphatic heterocycles. The highest BCUT2D eigenvalue weighted by molar-refractivity contribution is 6.98. The molecule has 0 radical (unpaired) electrons. The van der Waals surface area contributed by atoms with Gasteiger partial charge in [0.15, 0.2) is 0 Å². The van der Waals surface area contributed by atoms with E-state index in [1.807, 2.05) is 12.1 Å². The second-order valence-corrected chi connectivity index (χ2v) is 9.48. The SMILES string of the molecule is Cc1c(B2c3ccccc3N(c3ccccc3)c3cccc(Nc4ccccc4)c32)oc2ccccc12. The van der Waals surface area contributed by atoms with Crippen LogP contribution < -0.4 is 26.8 Å². The van der Waals surface area contributed by atoms with Gasteiger partial charge in [0.2, 0.25) is 0 Å². The van der Waals surface area contributed by atoms with Gasteiger partial charge >= 0.3 is 0 Å². The summed E-state index contributed by atoms with van der Waals surface area (Å²) in [7, 11) is 0. The minimum Gasteiger partial charge on any atom is -0.470 e. The van der Waals surface area contributed by atoms with E-state index in [1.165, 1.54) is 22.2 Å². The van der Waals surface area contributed by atoms with Crippen molar-refractivity contribution in [1.82, 2.24) is 0 Å². The van der Waals surface area contributed by atoms with E-state index >= 15 is 0 Å². The Morgan fingerprint density at radius 3 is 2.14 bits per heavy atom. The number of fused-ring (bicyclic) bond motifs is 3. The molecule has 0 saturated heterocycles. The first kappa shape index (κ1) is 21.6. The van der Waals surface area contributed by atoms with Gasteiger partial charge in [0.25, 0.3) is 6.71 Å². The molecule has 0 saturated carbocycles. The summed E-state index contributed by atoms with van der Waals surface area (Å²) in [4.78, 5) is 2.37. The predicted octanol–water partition coefficient (Wildman–Crippen LogP) is 6.78. The molecule has 7 rings (SSSR count). The molecule has 0 unspecified atom stereocenters. The van der Waals surface area contributed by atoms with Crippen molar-refractivity contribution in [3.63, 3.8) is 0 Å². The van der Waals surface area contributed by atoms with Gasteiger partial charge in [-0.25, -0.2) is 0 Å². The summed E-state index contributed by atoms with van der Waals surface area (Å²) in [6.45, 7) is 2.12. The van der Waals surface area contributed by atoms with Crippen molar-refractivity contribution in [3.8, 4) is 0 Å². The minimum absolute atomic E-state index is 0.0639. The third-order valence-corrected chi connectivity index (χ3v) is 7.31. The fourth-order valence-electron chi connectivity index (χ4n) is 5.65. The van der Waals surface area contributed by atoms with Crippen LogP contribution in [0.3, 0.4) is 0 Å². The molecule has 0 amide bonds. The quantitative estimate of drug-likeness (QED) is 0.284. The number of anilines is 5. The van der Waals surface area contributed by atoms with Crippen LogP contribution in [0.1, 0.15) is 5.56 Å². The molecular weight excluding hydrogens is 451 g/mol. The van der Waals surface area contributed by atoms with Crippen LogP contribution >= 0.6 is 0 Å². The van der Waals surface area contributed by atoms with Crippen LogP contribution in [0.25, 0.3) is 11.0 Å². The Morgan fingerprint density at radius 1 is 0.649 bits per heavy atom. The van der Waals surface area contributed by atoms with E-state index in [2.05, 4.69) is 132 Å². The van der Waals surface area contributed by atoms with E-state index in [0.29, 0.717) is 0 Å². The standard InChI is InChI=1S/C33H25BN2O/c1-23-26-17-8-11-22-31(26)37-33(23)34-27-18-9-10-20-29(27)36(25-15-6-3-7-16-25)30-21-12-19-28(32(30)34)35-24-13-4-2-5-14-24/h2-22,35H,1H3. The average molecular weight is 476 g/mol. The number of hydrogen-bond donors (Lipinski definition) is 1. The number of nitrogens with one attached hydrogen (secondary N) is 1. The largest absolute Gasteiger partial charge is 0.470 e. The van der Waals surface area contributed by atoms with E-state index in [9.17, 15) is 0 Å². The molecule has 37 heavy (non-hydrogen) atoms. The van der Waals surface area contributed by atoms with Gasteiger partial charge in [-0.2, -0.15) is 0 Å². The van der Waals surface area contributed by atoms with Gasteiger partial charge in [0.1, 0.15) is 5.58 Å². The van der Waals surface area contributed by atoms with Gasteiger partial charge in [-0.15, -0.1) is 0 Å². The first-order valence-electron chi connectivity index (χ1n) is 12.7.